The topological polar surface area (TPSA) is 29.9 Å². The maximum atomic E-state index is 6.27. The fraction of sp³-hybridized carbons (Fsp3) is 0.615. The van der Waals surface area contributed by atoms with Crippen LogP contribution in [0.15, 0.2) is 12.2 Å². The van der Waals surface area contributed by atoms with E-state index < -0.39 is 0 Å². The number of aromatic nitrogens is 2. The Hall–Kier alpha value is -0.800. The second-order valence-corrected chi connectivity index (χ2v) is 4.90. The Bertz CT molecular complexity index is 409. The van der Waals surface area contributed by atoms with Crippen molar-refractivity contribution >= 4 is 11.6 Å². The summed E-state index contributed by atoms with van der Waals surface area (Å²) in [5.74, 6) is 0. The van der Waals surface area contributed by atoms with Crippen molar-refractivity contribution in [1.29, 1.82) is 0 Å². The molecule has 0 fully saturated rings. The van der Waals surface area contributed by atoms with Crippen molar-refractivity contribution in [2.75, 3.05) is 0 Å². The Morgan fingerprint density at radius 2 is 2.35 bits per heavy atom. The minimum atomic E-state index is 0.580. The molecule has 1 unspecified atom stereocenters. The third-order valence-electron chi connectivity index (χ3n) is 3.28. The van der Waals surface area contributed by atoms with E-state index in [-0.39, 0.29) is 0 Å². The molecule has 2 rings (SSSR count). The minimum absolute atomic E-state index is 0.580. The molecular formula is C13H20ClN3. The highest BCUT2D eigenvalue weighted by molar-refractivity contribution is 6.31. The molecule has 1 N–H and O–H groups in total. The molecule has 1 aliphatic carbocycles. The van der Waals surface area contributed by atoms with E-state index in [9.17, 15) is 0 Å². The summed E-state index contributed by atoms with van der Waals surface area (Å²) in [6, 6.07) is 0.580. The van der Waals surface area contributed by atoms with E-state index in [0.717, 1.165) is 35.9 Å². The van der Waals surface area contributed by atoms with Gasteiger partial charge in [-0.15, -0.1) is 0 Å². The van der Waals surface area contributed by atoms with Gasteiger partial charge in [0.2, 0.25) is 0 Å². The van der Waals surface area contributed by atoms with Crippen LogP contribution in [-0.2, 0) is 13.1 Å². The molecule has 1 aromatic rings. The van der Waals surface area contributed by atoms with Crippen LogP contribution in [0.1, 0.15) is 37.6 Å². The Morgan fingerprint density at radius 1 is 1.53 bits per heavy atom. The fourth-order valence-electron chi connectivity index (χ4n) is 2.26. The number of hydrogen-bond donors (Lipinski definition) is 1. The third kappa shape index (κ3) is 2.90. The summed E-state index contributed by atoms with van der Waals surface area (Å²) in [6.07, 6.45) is 8.03. The molecule has 0 spiro atoms. The molecule has 0 aromatic carbocycles. The highest BCUT2D eigenvalue weighted by Crippen LogP contribution is 2.21. The molecule has 94 valence electrons. The van der Waals surface area contributed by atoms with Crippen LogP contribution in [0.3, 0.4) is 0 Å². The monoisotopic (exact) mass is 253 g/mol. The number of halogens is 1. The maximum Gasteiger partial charge on any atom is 0.0860 e. The molecule has 0 amide bonds. The van der Waals surface area contributed by atoms with Gasteiger partial charge in [0.1, 0.15) is 0 Å². The zero-order chi connectivity index (χ0) is 12.3. The normalized spacial score (nSPS) is 19.8. The Labute approximate surface area is 108 Å². The highest BCUT2D eigenvalue weighted by atomic mass is 35.5. The van der Waals surface area contributed by atoms with Crippen LogP contribution in [0.5, 0.6) is 0 Å². The summed E-state index contributed by atoms with van der Waals surface area (Å²) in [7, 11) is 0. The first kappa shape index (κ1) is 12.7. The summed E-state index contributed by atoms with van der Waals surface area (Å²) in [5, 5.41) is 8.80. The van der Waals surface area contributed by atoms with Gasteiger partial charge in [-0.1, -0.05) is 23.8 Å². The number of nitrogens with one attached hydrogen (secondary N) is 1. The summed E-state index contributed by atoms with van der Waals surface area (Å²) in [5.41, 5.74) is 2.04. The largest absolute Gasteiger partial charge is 0.308 e. The van der Waals surface area contributed by atoms with Crippen molar-refractivity contribution in [3.05, 3.63) is 28.6 Å². The molecule has 1 atom stereocenters. The molecule has 1 heterocycles. The second kappa shape index (κ2) is 5.69. The van der Waals surface area contributed by atoms with Gasteiger partial charge in [0.05, 0.1) is 16.4 Å². The van der Waals surface area contributed by atoms with Crippen LogP contribution in [0, 0.1) is 6.92 Å². The quantitative estimate of drug-likeness (QED) is 0.836. The average Bonchev–Trinajstić information content (AvgIpc) is 2.64. The first-order valence-corrected chi connectivity index (χ1v) is 6.70. The van der Waals surface area contributed by atoms with Crippen molar-refractivity contribution in [3.63, 3.8) is 0 Å². The zero-order valence-corrected chi connectivity index (χ0v) is 11.3. The van der Waals surface area contributed by atoms with Crippen molar-refractivity contribution in [3.8, 4) is 0 Å². The van der Waals surface area contributed by atoms with Crippen LogP contribution in [0.4, 0.5) is 0 Å². The van der Waals surface area contributed by atoms with Gasteiger partial charge in [0.15, 0.2) is 0 Å². The lowest BCUT2D eigenvalue weighted by Crippen LogP contribution is -2.30. The van der Waals surface area contributed by atoms with Gasteiger partial charge in [-0.3, -0.25) is 4.68 Å². The molecule has 0 bridgehead atoms. The van der Waals surface area contributed by atoms with E-state index in [1.54, 1.807) is 0 Å². The lowest BCUT2D eigenvalue weighted by molar-refractivity contribution is 0.459. The molecule has 1 aromatic heterocycles. The molecule has 3 nitrogen and oxygen atoms in total. The fourth-order valence-corrected chi connectivity index (χ4v) is 2.46. The smallest absolute Gasteiger partial charge is 0.0860 e. The predicted molar refractivity (Wildman–Crippen MR) is 71.3 cm³/mol. The first-order chi connectivity index (χ1) is 8.22. The van der Waals surface area contributed by atoms with Gasteiger partial charge in [-0.25, -0.2) is 0 Å². The Kier molecular flexibility index (Phi) is 4.24. The van der Waals surface area contributed by atoms with Crippen molar-refractivity contribution < 1.29 is 0 Å². The van der Waals surface area contributed by atoms with Crippen LogP contribution in [-0.4, -0.2) is 15.8 Å². The number of nitrogens with zero attached hydrogens (tertiary/aromatic N) is 2. The minimum Gasteiger partial charge on any atom is -0.308 e. The summed E-state index contributed by atoms with van der Waals surface area (Å²) in [6.45, 7) is 5.73. The van der Waals surface area contributed by atoms with E-state index in [1.165, 1.54) is 12.8 Å². The van der Waals surface area contributed by atoms with E-state index in [2.05, 4.69) is 29.5 Å². The van der Waals surface area contributed by atoms with Gasteiger partial charge in [0.25, 0.3) is 0 Å². The molecule has 0 saturated carbocycles. The maximum absolute atomic E-state index is 6.27. The molecule has 1 aliphatic rings. The Morgan fingerprint density at radius 3 is 3.00 bits per heavy atom. The molecule has 0 radical (unpaired) electrons. The van der Waals surface area contributed by atoms with E-state index in [0.29, 0.717) is 6.04 Å². The van der Waals surface area contributed by atoms with Crippen LogP contribution < -0.4 is 5.32 Å². The average molecular weight is 254 g/mol. The second-order valence-electron chi connectivity index (χ2n) is 4.52. The van der Waals surface area contributed by atoms with Crippen molar-refractivity contribution in [1.82, 2.24) is 15.1 Å². The van der Waals surface area contributed by atoms with Crippen molar-refractivity contribution in [2.24, 2.45) is 0 Å². The van der Waals surface area contributed by atoms with Crippen LogP contribution in [0.2, 0.25) is 5.02 Å². The molecular weight excluding hydrogens is 234 g/mol. The SMILES string of the molecule is CCn1nc(C)c(Cl)c1CNC1CC=CCC1. The van der Waals surface area contributed by atoms with Crippen LogP contribution in [0.25, 0.3) is 0 Å². The number of hydrogen-bond acceptors (Lipinski definition) is 2. The van der Waals surface area contributed by atoms with Gasteiger partial charge in [-0.05, 0) is 33.1 Å². The number of aryl methyl sites for hydroxylation is 2. The van der Waals surface area contributed by atoms with E-state index >= 15 is 0 Å². The van der Waals surface area contributed by atoms with Gasteiger partial charge in [-0.2, -0.15) is 5.10 Å². The standard InChI is InChI=1S/C13H20ClN3/c1-3-17-12(13(14)10(2)16-17)9-15-11-7-5-4-6-8-11/h4-5,11,15H,3,6-9H2,1-2H3. The first-order valence-electron chi connectivity index (χ1n) is 6.32. The zero-order valence-electron chi connectivity index (χ0n) is 10.5. The summed E-state index contributed by atoms with van der Waals surface area (Å²) in [4.78, 5) is 0. The van der Waals surface area contributed by atoms with Crippen LogP contribution >= 0.6 is 11.6 Å². The molecule has 0 saturated heterocycles. The summed E-state index contributed by atoms with van der Waals surface area (Å²) >= 11 is 6.27. The lowest BCUT2D eigenvalue weighted by Gasteiger charge is -2.19. The predicted octanol–water partition coefficient (Wildman–Crippen LogP) is 3.06. The summed E-state index contributed by atoms with van der Waals surface area (Å²) < 4.78 is 1.99. The molecule has 0 aliphatic heterocycles. The van der Waals surface area contributed by atoms with Gasteiger partial charge in [0, 0.05) is 19.1 Å². The van der Waals surface area contributed by atoms with E-state index in [4.69, 9.17) is 11.6 Å². The third-order valence-corrected chi connectivity index (χ3v) is 3.77. The molecule has 17 heavy (non-hydrogen) atoms. The number of rotatable bonds is 4. The van der Waals surface area contributed by atoms with Gasteiger partial charge >= 0.3 is 0 Å². The van der Waals surface area contributed by atoms with E-state index in [1.807, 2.05) is 11.6 Å². The van der Waals surface area contributed by atoms with Gasteiger partial charge < -0.3 is 5.32 Å². The number of allylic oxidation sites excluding steroid dienone is 1. The van der Waals surface area contributed by atoms with Crippen molar-refractivity contribution in [2.45, 2.75) is 52.2 Å². The highest BCUT2D eigenvalue weighted by Gasteiger charge is 2.14. The molecule has 4 heteroatoms. The lowest BCUT2D eigenvalue weighted by atomic mass is 10.0. The Balaban J connectivity index is 2.00.